The SMILES string of the molecule is Nc1cc(Nc2ncns2)nc(Sc2ccc(C(=O)NCC(N)(N)N)cc2)n1. The second-order valence-corrected chi connectivity index (χ2v) is 7.57. The van der Waals surface area contributed by atoms with Gasteiger partial charge in [-0.05, 0) is 36.0 Å². The van der Waals surface area contributed by atoms with E-state index in [1.165, 1.54) is 29.6 Å². The van der Waals surface area contributed by atoms with Gasteiger partial charge in [0.15, 0.2) is 5.16 Å². The van der Waals surface area contributed by atoms with E-state index in [1.807, 2.05) is 0 Å². The van der Waals surface area contributed by atoms with Crippen LogP contribution in [-0.4, -0.2) is 37.6 Å². The van der Waals surface area contributed by atoms with E-state index in [9.17, 15) is 4.79 Å². The third-order valence-corrected chi connectivity index (χ3v) is 4.66. The van der Waals surface area contributed by atoms with Crippen LogP contribution in [0, 0.1) is 0 Å². The Morgan fingerprint density at radius 2 is 1.93 bits per heavy atom. The molecule has 13 heteroatoms. The van der Waals surface area contributed by atoms with Crippen molar-refractivity contribution in [1.29, 1.82) is 0 Å². The van der Waals surface area contributed by atoms with Crippen molar-refractivity contribution in [3.63, 3.8) is 0 Å². The number of benzene rings is 1. The van der Waals surface area contributed by atoms with Gasteiger partial charge < -0.3 is 16.4 Å². The third-order valence-electron chi connectivity index (χ3n) is 3.20. The van der Waals surface area contributed by atoms with Gasteiger partial charge in [0, 0.05) is 28.1 Å². The molecule has 146 valence electrons. The zero-order valence-electron chi connectivity index (χ0n) is 14.5. The minimum Gasteiger partial charge on any atom is -0.383 e. The monoisotopic (exact) mass is 418 g/mol. The van der Waals surface area contributed by atoms with E-state index in [0.29, 0.717) is 27.5 Å². The van der Waals surface area contributed by atoms with E-state index >= 15 is 0 Å². The first kappa shape index (κ1) is 19.9. The fourth-order valence-electron chi connectivity index (χ4n) is 2.01. The molecule has 0 radical (unpaired) electrons. The van der Waals surface area contributed by atoms with Crippen molar-refractivity contribution >= 4 is 46.0 Å². The number of nitrogens with two attached hydrogens (primary N) is 4. The van der Waals surface area contributed by atoms with Gasteiger partial charge in [0.2, 0.25) is 5.13 Å². The molecule has 10 N–H and O–H groups in total. The number of amides is 1. The van der Waals surface area contributed by atoms with Crippen LogP contribution >= 0.6 is 23.3 Å². The van der Waals surface area contributed by atoms with Gasteiger partial charge in [-0.15, -0.1) is 0 Å². The molecular formula is C15H18N10OS2. The van der Waals surface area contributed by atoms with Crippen LogP contribution in [0.4, 0.5) is 16.8 Å². The molecule has 0 aliphatic rings. The van der Waals surface area contributed by atoms with E-state index in [0.717, 1.165) is 4.90 Å². The van der Waals surface area contributed by atoms with Crippen molar-refractivity contribution in [2.75, 3.05) is 17.6 Å². The lowest BCUT2D eigenvalue weighted by Crippen LogP contribution is -2.64. The number of hydrogen-bond donors (Lipinski definition) is 6. The zero-order valence-corrected chi connectivity index (χ0v) is 16.1. The molecule has 3 aromatic rings. The van der Waals surface area contributed by atoms with Crippen molar-refractivity contribution in [3.05, 3.63) is 42.2 Å². The van der Waals surface area contributed by atoms with Crippen LogP contribution in [-0.2, 0) is 0 Å². The highest BCUT2D eigenvalue weighted by Gasteiger charge is 2.14. The summed E-state index contributed by atoms with van der Waals surface area (Å²) in [7, 11) is 0. The molecule has 1 amide bonds. The minimum atomic E-state index is -1.46. The molecule has 3 rings (SSSR count). The standard InChI is InChI=1S/C15H18N10OS2/c16-10-5-11(24-13-21-7-22-28-13)25-14(23-10)27-9-3-1-8(2-4-9)12(26)20-6-15(17,18)19/h1-5,7H,6,17-19H2,(H,20,26)(H3,16,21,22,23,24,25). The summed E-state index contributed by atoms with van der Waals surface area (Å²) in [6.07, 6.45) is 1.44. The van der Waals surface area contributed by atoms with Crippen LogP contribution in [0.5, 0.6) is 0 Å². The molecule has 28 heavy (non-hydrogen) atoms. The average molecular weight is 419 g/mol. The normalized spacial score (nSPS) is 11.2. The zero-order chi connectivity index (χ0) is 20.1. The lowest BCUT2D eigenvalue weighted by Gasteiger charge is -2.18. The molecule has 0 bridgehead atoms. The molecule has 2 aromatic heterocycles. The van der Waals surface area contributed by atoms with Crippen molar-refractivity contribution < 1.29 is 4.79 Å². The van der Waals surface area contributed by atoms with E-state index in [1.54, 1.807) is 30.3 Å². The van der Waals surface area contributed by atoms with Crippen molar-refractivity contribution in [2.45, 2.75) is 15.8 Å². The summed E-state index contributed by atoms with van der Waals surface area (Å²) >= 11 is 2.50. The molecule has 11 nitrogen and oxygen atoms in total. The van der Waals surface area contributed by atoms with Crippen LogP contribution in [0.3, 0.4) is 0 Å². The predicted octanol–water partition coefficient (Wildman–Crippen LogP) is 0.0648. The summed E-state index contributed by atoms with van der Waals surface area (Å²) in [6, 6.07) is 8.46. The third kappa shape index (κ3) is 5.83. The van der Waals surface area contributed by atoms with Gasteiger partial charge in [0.1, 0.15) is 23.7 Å². The Hall–Kier alpha value is -2.84. The number of nitrogens with zero attached hydrogens (tertiary/aromatic N) is 4. The van der Waals surface area contributed by atoms with Gasteiger partial charge in [-0.25, -0.2) is 15.0 Å². The molecule has 1 aromatic carbocycles. The number of hydrogen-bond acceptors (Lipinski definition) is 12. The van der Waals surface area contributed by atoms with Gasteiger partial charge in [0.05, 0.1) is 6.54 Å². The van der Waals surface area contributed by atoms with Crippen molar-refractivity contribution in [1.82, 2.24) is 24.6 Å². The molecule has 0 spiro atoms. The van der Waals surface area contributed by atoms with Crippen LogP contribution in [0.1, 0.15) is 10.4 Å². The topological polar surface area (TPSA) is 197 Å². The van der Waals surface area contributed by atoms with Gasteiger partial charge in [0.25, 0.3) is 5.91 Å². The highest BCUT2D eigenvalue weighted by Crippen LogP contribution is 2.27. The molecule has 0 aliphatic heterocycles. The largest absolute Gasteiger partial charge is 0.383 e. The van der Waals surface area contributed by atoms with Gasteiger partial charge >= 0.3 is 0 Å². The Morgan fingerprint density at radius 3 is 2.57 bits per heavy atom. The summed E-state index contributed by atoms with van der Waals surface area (Å²) in [5.41, 5.74) is 22.6. The molecule has 0 unspecified atom stereocenters. The maximum Gasteiger partial charge on any atom is 0.251 e. The van der Waals surface area contributed by atoms with Crippen molar-refractivity contribution in [3.8, 4) is 0 Å². The Kier molecular flexibility index (Phi) is 6.01. The number of nitrogen functional groups attached to an aromatic ring is 1. The summed E-state index contributed by atoms with van der Waals surface area (Å²) in [4.78, 5) is 25.5. The first-order valence-electron chi connectivity index (χ1n) is 7.89. The molecule has 0 saturated carbocycles. The Bertz CT molecular complexity index is 940. The first-order valence-corrected chi connectivity index (χ1v) is 9.48. The lowest BCUT2D eigenvalue weighted by atomic mass is 10.2. The molecule has 0 aliphatic carbocycles. The predicted molar refractivity (Wildman–Crippen MR) is 108 cm³/mol. The second kappa shape index (κ2) is 8.45. The maximum atomic E-state index is 12.1. The van der Waals surface area contributed by atoms with E-state index < -0.39 is 5.79 Å². The Morgan fingerprint density at radius 1 is 1.18 bits per heavy atom. The number of anilines is 3. The van der Waals surface area contributed by atoms with Crippen LogP contribution in [0.2, 0.25) is 0 Å². The Balaban J connectivity index is 1.67. The molecular weight excluding hydrogens is 400 g/mol. The summed E-state index contributed by atoms with van der Waals surface area (Å²) in [6.45, 7) is -0.0517. The number of aromatic nitrogens is 4. The number of carbonyl (C=O) groups excluding carboxylic acids is 1. The van der Waals surface area contributed by atoms with E-state index in [2.05, 4.69) is 30.0 Å². The van der Waals surface area contributed by atoms with Crippen molar-refractivity contribution in [2.24, 2.45) is 17.2 Å². The minimum absolute atomic E-state index is 0.0517. The van der Waals surface area contributed by atoms with E-state index in [4.69, 9.17) is 22.9 Å². The number of nitrogens with one attached hydrogen (secondary N) is 2. The molecule has 0 saturated heterocycles. The van der Waals surface area contributed by atoms with E-state index in [-0.39, 0.29) is 12.5 Å². The first-order chi connectivity index (χ1) is 13.3. The molecule has 0 fully saturated rings. The fourth-order valence-corrected chi connectivity index (χ4v) is 3.22. The summed E-state index contributed by atoms with van der Waals surface area (Å²) < 4.78 is 3.91. The molecule has 2 heterocycles. The molecule has 0 atom stereocenters. The average Bonchev–Trinajstić information content (AvgIpc) is 3.12. The van der Waals surface area contributed by atoms with Crippen LogP contribution < -0.4 is 33.6 Å². The van der Waals surface area contributed by atoms with Crippen LogP contribution in [0.15, 0.2) is 46.7 Å². The maximum absolute atomic E-state index is 12.1. The van der Waals surface area contributed by atoms with Gasteiger partial charge in [-0.3, -0.25) is 22.0 Å². The fraction of sp³-hybridized carbons (Fsp3) is 0.133. The van der Waals surface area contributed by atoms with Crippen LogP contribution in [0.25, 0.3) is 0 Å². The highest BCUT2D eigenvalue weighted by molar-refractivity contribution is 7.99. The second-order valence-electron chi connectivity index (χ2n) is 5.75. The summed E-state index contributed by atoms with van der Waals surface area (Å²) in [5, 5.41) is 6.63. The quantitative estimate of drug-likeness (QED) is 0.224. The summed E-state index contributed by atoms with van der Waals surface area (Å²) in [5.74, 6) is -0.965. The van der Waals surface area contributed by atoms with Gasteiger partial charge in [-0.2, -0.15) is 4.37 Å². The Labute approximate surface area is 168 Å². The van der Waals surface area contributed by atoms with Gasteiger partial charge in [-0.1, -0.05) is 0 Å². The smallest absolute Gasteiger partial charge is 0.251 e. The number of rotatable bonds is 7. The highest BCUT2D eigenvalue weighted by atomic mass is 32.2. The number of carbonyl (C=O) groups is 1. The lowest BCUT2D eigenvalue weighted by molar-refractivity contribution is 0.0944.